The summed E-state index contributed by atoms with van der Waals surface area (Å²) >= 11 is 0. The molecule has 0 saturated carbocycles. The van der Waals surface area contributed by atoms with Crippen molar-refractivity contribution in [2.24, 2.45) is 12.5 Å². The highest BCUT2D eigenvalue weighted by atomic mass is 16.4. The molecule has 1 amide bonds. The van der Waals surface area contributed by atoms with Crippen molar-refractivity contribution in [2.45, 2.75) is 40.2 Å². The number of aliphatic carboxylic acids is 1. The average Bonchev–Trinajstić information content (AvgIpc) is 2.65. The number of carbonyl (C=O) groups is 2. The molecule has 0 radical (unpaired) electrons. The Morgan fingerprint density at radius 1 is 1.47 bits per heavy atom. The van der Waals surface area contributed by atoms with E-state index in [1.54, 1.807) is 33.9 Å². The lowest BCUT2D eigenvalue weighted by Crippen LogP contribution is -2.49. The van der Waals surface area contributed by atoms with E-state index < -0.39 is 23.3 Å². The second kappa shape index (κ2) is 5.42. The van der Waals surface area contributed by atoms with E-state index in [1.807, 2.05) is 6.92 Å². The van der Waals surface area contributed by atoms with Gasteiger partial charge in [-0.15, -0.1) is 0 Å². The van der Waals surface area contributed by atoms with Crippen molar-refractivity contribution in [2.75, 3.05) is 0 Å². The third kappa shape index (κ3) is 3.56. The van der Waals surface area contributed by atoms with Gasteiger partial charge >= 0.3 is 5.97 Å². The van der Waals surface area contributed by atoms with Crippen LogP contribution in [0.1, 0.15) is 43.9 Å². The Morgan fingerprint density at radius 3 is 2.42 bits per heavy atom. The van der Waals surface area contributed by atoms with Crippen LogP contribution in [0.15, 0.2) is 6.07 Å². The van der Waals surface area contributed by atoms with E-state index in [9.17, 15) is 14.7 Å². The minimum Gasteiger partial charge on any atom is -0.480 e. The number of hydrogen-bond acceptors (Lipinski definition) is 3. The van der Waals surface area contributed by atoms with Gasteiger partial charge in [-0.1, -0.05) is 27.7 Å². The molecule has 0 saturated heterocycles. The normalized spacial score (nSPS) is 13.1. The zero-order valence-corrected chi connectivity index (χ0v) is 12.0. The minimum atomic E-state index is -1.04. The molecular weight excluding hydrogens is 246 g/mol. The first kappa shape index (κ1) is 15.2. The predicted molar refractivity (Wildman–Crippen MR) is 70.9 cm³/mol. The van der Waals surface area contributed by atoms with Crippen LogP contribution in [0.25, 0.3) is 0 Å². The Balaban J connectivity index is 2.94. The minimum absolute atomic E-state index is 0.368. The summed E-state index contributed by atoms with van der Waals surface area (Å²) in [5.74, 6) is -1.46. The molecule has 19 heavy (non-hydrogen) atoms. The highest BCUT2D eigenvalue weighted by molar-refractivity contribution is 5.95. The predicted octanol–water partition coefficient (Wildman–Crippen LogP) is 1.21. The molecule has 1 aromatic heterocycles. The van der Waals surface area contributed by atoms with E-state index in [1.165, 1.54) is 4.68 Å². The molecule has 0 aliphatic heterocycles. The van der Waals surface area contributed by atoms with Gasteiger partial charge in [0.25, 0.3) is 5.91 Å². The summed E-state index contributed by atoms with van der Waals surface area (Å²) in [5.41, 5.74) is 0.607. The molecule has 1 rings (SSSR count). The zero-order chi connectivity index (χ0) is 14.8. The Labute approximate surface area is 112 Å². The first-order valence-corrected chi connectivity index (χ1v) is 6.23. The summed E-state index contributed by atoms with van der Waals surface area (Å²) in [6.45, 7) is 7.26. The van der Waals surface area contributed by atoms with E-state index in [-0.39, 0.29) is 0 Å². The monoisotopic (exact) mass is 267 g/mol. The number of amides is 1. The number of hydrogen-bond donors (Lipinski definition) is 2. The van der Waals surface area contributed by atoms with Crippen LogP contribution < -0.4 is 5.32 Å². The number of carboxylic acid groups (broad SMARTS) is 1. The highest BCUT2D eigenvalue weighted by Gasteiger charge is 2.33. The summed E-state index contributed by atoms with van der Waals surface area (Å²) in [6, 6.07) is 0.733. The maximum absolute atomic E-state index is 12.1. The smallest absolute Gasteiger partial charge is 0.326 e. The van der Waals surface area contributed by atoms with E-state index >= 15 is 0 Å². The Morgan fingerprint density at radius 2 is 2.05 bits per heavy atom. The van der Waals surface area contributed by atoms with Crippen molar-refractivity contribution in [3.63, 3.8) is 0 Å². The van der Waals surface area contributed by atoms with Gasteiger partial charge in [-0.3, -0.25) is 9.48 Å². The highest BCUT2D eigenvalue weighted by Crippen LogP contribution is 2.20. The number of nitrogens with zero attached hydrogens (tertiary/aromatic N) is 2. The van der Waals surface area contributed by atoms with Crippen molar-refractivity contribution in [3.05, 3.63) is 17.5 Å². The summed E-state index contributed by atoms with van der Waals surface area (Å²) in [4.78, 5) is 23.3. The third-order valence-corrected chi connectivity index (χ3v) is 2.91. The summed E-state index contributed by atoms with van der Waals surface area (Å²) in [5, 5.41) is 15.9. The molecule has 6 heteroatoms. The molecule has 0 fully saturated rings. The maximum Gasteiger partial charge on any atom is 0.326 e. The van der Waals surface area contributed by atoms with E-state index in [2.05, 4.69) is 10.4 Å². The number of carbonyl (C=O) groups excluding carboxylic acids is 1. The zero-order valence-electron chi connectivity index (χ0n) is 12.0. The Hall–Kier alpha value is -1.85. The molecule has 0 spiro atoms. The van der Waals surface area contributed by atoms with Gasteiger partial charge in [-0.25, -0.2) is 4.79 Å². The van der Waals surface area contributed by atoms with Crippen molar-refractivity contribution in [3.8, 4) is 0 Å². The lowest BCUT2D eigenvalue weighted by Gasteiger charge is -2.27. The van der Waals surface area contributed by atoms with Crippen LogP contribution in [-0.2, 0) is 18.3 Å². The molecule has 1 atom stereocenters. The standard InChI is InChI=1S/C13H21N3O3/c1-6-8-7-9(16(5)15-8)11(17)14-10(12(18)19)13(2,3)4/h7,10H,6H2,1-5H3,(H,14,17)(H,18,19)/t10-/m0/s1. The summed E-state index contributed by atoms with van der Waals surface area (Å²) in [6.07, 6.45) is 0.725. The van der Waals surface area contributed by atoms with Crippen LogP contribution in [0.3, 0.4) is 0 Å². The second-order valence-corrected chi connectivity index (χ2v) is 5.61. The lowest BCUT2D eigenvalue weighted by atomic mass is 9.86. The molecular formula is C13H21N3O3. The molecule has 0 bridgehead atoms. The fourth-order valence-electron chi connectivity index (χ4n) is 1.77. The molecule has 6 nitrogen and oxygen atoms in total. The number of nitrogens with one attached hydrogen (secondary N) is 1. The van der Waals surface area contributed by atoms with Gasteiger partial charge in [0.1, 0.15) is 11.7 Å². The maximum atomic E-state index is 12.1. The fraction of sp³-hybridized carbons (Fsp3) is 0.615. The van der Waals surface area contributed by atoms with Crippen molar-refractivity contribution in [1.29, 1.82) is 0 Å². The average molecular weight is 267 g/mol. The third-order valence-electron chi connectivity index (χ3n) is 2.91. The first-order valence-electron chi connectivity index (χ1n) is 6.23. The molecule has 0 aliphatic rings. The van der Waals surface area contributed by atoms with Crippen LogP contribution in [0, 0.1) is 5.41 Å². The topological polar surface area (TPSA) is 84.2 Å². The molecule has 106 valence electrons. The quantitative estimate of drug-likeness (QED) is 0.858. The Kier molecular flexibility index (Phi) is 4.34. The number of carboxylic acids is 1. The van der Waals surface area contributed by atoms with Gasteiger partial charge in [0.15, 0.2) is 0 Å². The molecule has 0 aliphatic carbocycles. The molecule has 2 N–H and O–H groups in total. The summed E-state index contributed by atoms with van der Waals surface area (Å²) < 4.78 is 1.47. The first-order chi connectivity index (χ1) is 8.66. The lowest BCUT2D eigenvalue weighted by molar-refractivity contribution is -0.142. The van der Waals surface area contributed by atoms with Crippen LogP contribution in [0.2, 0.25) is 0 Å². The van der Waals surface area contributed by atoms with Gasteiger partial charge < -0.3 is 10.4 Å². The van der Waals surface area contributed by atoms with Gasteiger partial charge in [0.2, 0.25) is 0 Å². The number of aryl methyl sites for hydroxylation is 2. The van der Waals surface area contributed by atoms with Crippen LogP contribution in [0.4, 0.5) is 0 Å². The van der Waals surface area contributed by atoms with E-state index in [0.29, 0.717) is 5.69 Å². The van der Waals surface area contributed by atoms with Crippen LogP contribution in [-0.4, -0.2) is 32.8 Å². The largest absolute Gasteiger partial charge is 0.480 e. The van der Waals surface area contributed by atoms with Gasteiger partial charge in [-0.05, 0) is 17.9 Å². The Bertz CT molecular complexity index is 486. The number of aromatic nitrogens is 2. The van der Waals surface area contributed by atoms with E-state index in [0.717, 1.165) is 12.1 Å². The van der Waals surface area contributed by atoms with Crippen LogP contribution >= 0.6 is 0 Å². The molecule has 0 unspecified atom stereocenters. The molecule has 0 aromatic carbocycles. The van der Waals surface area contributed by atoms with Crippen molar-refractivity contribution in [1.82, 2.24) is 15.1 Å². The van der Waals surface area contributed by atoms with Gasteiger partial charge in [0, 0.05) is 7.05 Å². The van der Waals surface area contributed by atoms with Crippen molar-refractivity contribution >= 4 is 11.9 Å². The second-order valence-electron chi connectivity index (χ2n) is 5.61. The van der Waals surface area contributed by atoms with Gasteiger partial charge in [-0.2, -0.15) is 5.10 Å². The van der Waals surface area contributed by atoms with Gasteiger partial charge in [0.05, 0.1) is 5.69 Å². The number of rotatable bonds is 4. The van der Waals surface area contributed by atoms with Crippen LogP contribution in [0.5, 0.6) is 0 Å². The molecule has 1 aromatic rings. The van der Waals surface area contributed by atoms with Crippen molar-refractivity contribution < 1.29 is 14.7 Å². The SMILES string of the molecule is CCc1cc(C(=O)N[C@@H](C(=O)O)C(C)(C)C)n(C)n1. The molecule has 1 heterocycles. The summed E-state index contributed by atoms with van der Waals surface area (Å²) in [7, 11) is 1.67. The van der Waals surface area contributed by atoms with E-state index in [4.69, 9.17) is 0 Å². The fourth-order valence-corrected chi connectivity index (χ4v) is 1.77.